The Labute approximate surface area is 288 Å². The number of carbonyl (C=O) groups excluding carboxylic acids is 2. The van der Waals surface area contributed by atoms with Crippen LogP contribution in [0, 0.1) is 0 Å². The fraction of sp³-hybridized carbons (Fsp3) is 0.258. The van der Waals surface area contributed by atoms with E-state index in [1.165, 1.54) is 13.3 Å². The summed E-state index contributed by atoms with van der Waals surface area (Å²) in [6.45, 7) is 3.68. The molecule has 2 amide bonds. The molecule has 0 unspecified atom stereocenters. The molecule has 0 spiro atoms. The monoisotopic (exact) mass is 754 g/mol. The summed E-state index contributed by atoms with van der Waals surface area (Å²) < 4.78 is 23.1. The number of hydrogen-bond donors (Lipinski definition) is 4. The number of halogens is 4. The van der Waals surface area contributed by atoms with Crippen molar-refractivity contribution in [3.8, 4) is 17.2 Å². The zero-order valence-electron chi connectivity index (χ0n) is 24.8. The topological polar surface area (TPSA) is 140 Å². The first kappa shape index (κ1) is 35.2. The molecule has 1 heterocycles. The average molecular weight is 757 g/mol. The average Bonchev–Trinajstić information content (AvgIpc) is 3.00. The summed E-state index contributed by atoms with van der Waals surface area (Å²) in [6.07, 6.45) is 0.228. The van der Waals surface area contributed by atoms with Crippen LogP contribution in [0.15, 0.2) is 69.4 Å². The molecule has 2 atom stereocenters. The van der Waals surface area contributed by atoms with Gasteiger partial charge in [-0.1, -0.05) is 46.9 Å². The van der Waals surface area contributed by atoms with Gasteiger partial charge in [0.2, 0.25) is 0 Å². The molecule has 244 valence electrons. The molecule has 15 heteroatoms. The fourth-order valence-electron chi connectivity index (χ4n) is 4.43. The Bertz CT molecular complexity index is 1670. The minimum atomic E-state index is -1.22. The second kappa shape index (κ2) is 16.2. The molecule has 4 rings (SSSR count). The zero-order valence-corrected chi connectivity index (χ0v) is 28.7. The third kappa shape index (κ3) is 8.98. The van der Waals surface area contributed by atoms with Gasteiger partial charge in [-0.05, 0) is 71.7 Å². The third-order valence-corrected chi connectivity index (χ3v) is 7.92. The molecule has 4 N–H and O–H groups in total. The van der Waals surface area contributed by atoms with Crippen molar-refractivity contribution in [3.63, 3.8) is 0 Å². The van der Waals surface area contributed by atoms with Gasteiger partial charge in [-0.15, -0.1) is 0 Å². The summed E-state index contributed by atoms with van der Waals surface area (Å²) in [5, 5.41) is 21.4. The molecule has 0 bridgehead atoms. The molecule has 0 saturated carbocycles. The van der Waals surface area contributed by atoms with E-state index in [-0.39, 0.29) is 18.8 Å². The van der Waals surface area contributed by atoms with Gasteiger partial charge in [0.25, 0.3) is 0 Å². The highest BCUT2D eigenvalue weighted by Crippen LogP contribution is 2.36. The van der Waals surface area contributed by atoms with E-state index in [9.17, 15) is 14.7 Å². The minimum Gasteiger partial charge on any atom is -0.490 e. The van der Waals surface area contributed by atoms with Crippen LogP contribution in [0.3, 0.4) is 0 Å². The Hall–Kier alpha value is -3.68. The number of rotatable bonds is 13. The van der Waals surface area contributed by atoms with Gasteiger partial charge in [-0.3, -0.25) is 5.43 Å². The van der Waals surface area contributed by atoms with Crippen LogP contribution in [-0.4, -0.2) is 49.9 Å². The molecule has 0 fully saturated rings. The highest BCUT2D eigenvalue weighted by molar-refractivity contribution is 9.10. The normalized spacial score (nSPS) is 15.2. The molecule has 0 saturated heterocycles. The van der Waals surface area contributed by atoms with E-state index < -0.39 is 24.3 Å². The van der Waals surface area contributed by atoms with Crippen LogP contribution in [0.4, 0.5) is 4.79 Å². The number of esters is 1. The number of nitrogens with zero attached hydrogens (tertiary/aromatic N) is 1. The molecular formula is C31H30BrCl3N4O7. The van der Waals surface area contributed by atoms with Gasteiger partial charge in [0.05, 0.1) is 36.0 Å². The number of amides is 2. The number of benzene rings is 3. The molecule has 0 radical (unpaired) electrons. The second-order valence-electron chi connectivity index (χ2n) is 9.75. The highest BCUT2D eigenvalue weighted by atomic mass is 79.9. The van der Waals surface area contributed by atoms with Crippen molar-refractivity contribution in [2.75, 3.05) is 20.3 Å². The summed E-state index contributed by atoms with van der Waals surface area (Å²) in [5.41, 5.74) is 5.06. The highest BCUT2D eigenvalue weighted by Gasteiger charge is 2.32. The van der Waals surface area contributed by atoms with Gasteiger partial charge in [-0.25, -0.2) is 9.59 Å². The number of carbonyl (C=O) groups is 2. The Kier molecular flexibility index (Phi) is 12.4. The maximum absolute atomic E-state index is 12.5. The number of hydrazone groups is 1. The lowest BCUT2D eigenvalue weighted by Gasteiger charge is -2.28. The predicted molar refractivity (Wildman–Crippen MR) is 179 cm³/mol. The zero-order chi connectivity index (χ0) is 33.4. The van der Waals surface area contributed by atoms with Gasteiger partial charge in [-0.2, -0.15) is 5.10 Å². The number of methoxy groups -OCH3 is 1. The number of hydrogen-bond acceptors (Lipinski definition) is 9. The molecule has 46 heavy (non-hydrogen) atoms. The summed E-state index contributed by atoms with van der Waals surface area (Å²) >= 11 is 22.0. The van der Waals surface area contributed by atoms with Crippen LogP contribution in [0.25, 0.3) is 0 Å². The fourth-order valence-corrected chi connectivity index (χ4v) is 5.84. The summed E-state index contributed by atoms with van der Waals surface area (Å²) in [4.78, 5) is 24.6. The lowest BCUT2D eigenvalue weighted by molar-refractivity contribution is -0.136. The van der Waals surface area contributed by atoms with Gasteiger partial charge in [0, 0.05) is 31.9 Å². The Morgan fingerprint density at radius 1 is 1.09 bits per heavy atom. The van der Waals surface area contributed by atoms with Crippen LogP contribution in [0.5, 0.6) is 17.2 Å². The third-order valence-electron chi connectivity index (χ3n) is 6.52. The Balaban J connectivity index is 1.43. The number of aliphatic hydroxyl groups is 1. The molecule has 0 aromatic heterocycles. The number of nitrogens with one attached hydrogen (secondary N) is 3. The Morgan fingerprint density at radius 2 is 1.87 bits per heavy atom. The summed E-state index contributed by atoms with van der Waals surface area (Å²) in [7, 11) is 1.27. The SMILES string of the molecule is CCOc1cc([C@H]2NC(=O)NC(C)=C2C(=O)OC)ccc1OC[C@@H](O)N/N=C/c1cc(Cl)cc(Br)c1OCc1ccc(Cl)cc1Cl. The first-order valence-electron chi connectivity index (χ1n) is 13.8. The van der Waals surface area contributed by atoms with Crippen molar-refractivity contribution in [1.82, 2.24) is 16.1 Å². The van der Waals surface area contributed by atoms with Crippen molar-refractivity contribution in [1.29, 1.82) is 0 Å². The minimum absolute atomic E-state index is 0.159. The van der Waals surface area contributed by atoms with E-state index in [0.29, 0.717) is 60.2 Å². The summed E-state index contributed by atoms with van der Waals surface area (Å²) in [6, 6.07) is 12.2. The molecular weight excluding hydrogens is 727 g/mol. The van der Waals surface area contributed by atoms with Crippen LogP contribution < -0.4 is 30.3 Å². The van der Waals surface area contributed by atoms with E-state index in [0.717, 1.165) is 5.56 Å². The number of allylic oxidation sites excluding steroid dienone is 1. The lowest BCUT2D eigenvalue weighted by atomic mass is 9.95. The van der Waals surface area contributed by atoms with E-state index in [4.69, 9.17) is 53.8 Å². The van der Waals surface area contributed by atoms with E-state index in [1.807, 2.05) is 0 Å². The van der Waals surface area contributed by atoms with Crippen LogP contribution in [0.1, 0.15) is 36.6 Å². The summed E-state index contributed by atoms with van der Waals surface area (Å²) in [5.74, 6) is 0.541. The van der Waals surface area contributed by atoms with Gasteiger partial charge in [0.15, 0.2) is 17.7 Å². The van der Waals surface area contributed by atoms with Crippen molar-refractivity contribution < 1.29 is 33.6 Å². The molecule has 0 aliphatic carbocycles. The maximum Gasteiger partial charge on any atom is 0.337 e. The Morgan fingerprint density at radius 3 is 2.59 bits per heavy atom. The molecule has 11 nitrogen and oxygen atoms in total. The largest absolute Gasteiger partial charge is 0.490 e. The number of urea groups is 1. The standard InChI is InChI=1S/C31H30BrCl3N4O7/c1-4-44-25-10-17(28-27(30(41)43-3)16(2)37-31(42)38-28)6-8-24(25)45-15-26(40)39-36-13-19-9-21(34)11-22(32)29(19)46-14-18-5-7-20(33)12-23(18)35/h5-13,26,28,39-40H,4,14-15H2,1-3H3,(H2,37,38,42)/b36-13+/t26-,28-/m1/s1. The first-order chi connectivity index (χ1) is 22.0. The van der Waals surface area contributed by atoms with Crippen molar-refractivity contribution >= 4 is 68.9 Å². The number of aliphatic hydroxyl groups excluding tert-OH is 1. The lowest BCUT2D eigenvalue weighted by Crippen LogP contribution is -2.45. The predicted octanol–water partition coefficient (Wildman–Crippen LogP) is 6.51. The molecule has 3 aromatic rings. The van der Waals surface area contributed by atoms with E-state index in [2.05, 4.69) is 37.1 Å². The van der Waals surface area contributed by atoms with Gasteiger partial charge < -0.3 is 34.7 Å². The van der Waals surface area contributed by atoms with Crippen LogP contribution >= 0.6 is 50.7 Å². The van der Waals surface area contributed by atoms with E-state index >= 15 is 0 Å². The maximum atomic E-state index is 12.5. The van der Waals surface area contributed by atoms with Gasteiger partial charge in [0.1, 0.15) is 19.0 Å². The number of ether oxygens (including phenoxy) is 4. The van der Waals surface area contributed by atoms with Crippen molar-refractivity contribution in [2.45, 2.75) is 32.7 Å². The quantitative estimate of drug-likeness (QED) is 0.0671. The van der Waals surface area contributed by atoms with E-state index in [1.54, 1.807) is 62.4 Å². The van der Waals surface area contributed by atoms with Crippen LogP contribution in [0.2, 0.25) is 15.1 Å². The second-order valence-corrected chi connectivity index (χ2v) is 11.9. The molecule has 3 aromatic carbocycles. The smallest absolute Gasteiger partial charge is 0.337 e. The van der Waals surface area contributed by atoms with Crippen molar-refractivity contribution in [3.05, 3.63) is 96.0 Å². The first-order valence-corrected chi connectivity index (χ1v) is 15.7. The van der Waals surface area contributed by atoms with Crippen molar-refractivity contribution in [2.24, 2.45) is 5.10 Å². The molecule has 1 aliphatic rings. The van der Waals surface area contributed by atoms with Crippen LogP contribution in [-0.2, 0) is 16.1 Å². The van der Waals surface area contributed by atoms with Gasteiger partial charge >= 0.3 is 12.0 Å². The molecule has 1 aliphatic heterocycles.